The lowest BCUT2D eigenvalue weighted by atomic mass is 10.0. The maximum absolute atomic E-state index is 12.6. The summed E-state index contributed by atoms with van der Waals surface area (Å²) < 4.78 is 27.8. The van der Waals surface area contributed by atoms with Gasteiger partial charge in [0.05, 0.1) is 10.9 Å². The van der Waals surface area contributed by atoms with E-state index >= 15 is 0 Å². The third kappa shape index (κ3) is 5.70. The van der Waals surface area contributed by atoms with Gasteiger partial charge in [0.25, 0.3) is 0 Å². The number of amides is 1. The highest BCUT2D eigenvalue weighted by Crippen LogP contribution is 2.22. The molecule has 132 valence electrons. The normalized spacial score (nSPS) is 12.4. The number of hydrogen-bond donors (Lipinski definition) is 2. The molecule has 25 heavy (non-hydrogen) atoms. The Morgan fingerprint density at radius 1 is 1.12 bits per heavy atom. The van der Waals surface area contributed by atoms with Gasteiger partial charge < -0.3 is 5.32 Å². The molecule has 2 aromatic carbocycles. The van der Waals surface area contributed by atoms with Crippen LogP contribution in [-0.4, -0.2) is 20.9 Å². The number of nitrogens with one attached hydrogen (secondary N) is 2. The molecule has 0 fully saturated rings. The van der Waals surface area contributed by atoms with E-state index in [2.05, 4.69) is 16.6 Å². The molecule has 2 aromatic rings. The average molecular weight is 379 g/mol. The zero-order chi connectivity index (χ0) is 18.3. The van der Waals surface area contributed by atoms with Crippen LogP contribution in [0.4, 0.5) is 0 Å². The summed E-state index contributed by atoms with van der Waals surface area (Å²) >= 11 is 5.89. The van der Waals surface area contributed by atoms with E-state index < -0.39 is 16.1 Å². The van der Waals surface area contributed by atoms with E-state index in [1.54, 1.807) is 48.5 Å². The molecule has 7 heteroatoms. The van der Waals surface area contributed by atoms with E-state index in [0.29, 0.717) is 17.1 Å². The first-order valence-corrected chi connectivity index (χ1v) is 9.49. The number of sulfonamides is 1. The molecule has 0 radical (unpaired) electrons. The minimum absolute atomic E-state index is 0.0401. The van der Waals surface area contributed by atoms with Crippen LogP contribution in [0.25, 0.3) is 0 Å². The second-order valence-corrected chi connectivity index (χ2v) is 7.49. The summed E-state index contributed by atoms with van der Waals surface area (Å²) in [5, 5.41) is 3.18. The second-order valence-electron chi connectivity index (χ2n) is 5.34. The molecule has 0 aliphatic carbocycles. The molecule has 0 heterocycles. The molecular weight excluding hydrogens is 360 g/mol. The third-order valence-corrected chi connectivity index (χ3v) is 5.20. The Kier molecular flexibility index (Phi) is 6.75. The predicted molar refractivity (Wildman–Crippen MR) is 98.8 cm³/mol. The van der Waals surface area contributed by atoms with Gasteiger partial charge in [0.15, 0.2) is 0 Å². The van der Waals surface area contributed by atoms with Gasteiger partial charge >= 0.3 is 0 Å². The molecule has 0 aliphatic heterocycles. The summed E-state index contributed by atoms with van der Waals surface area (Å²) in [6, 6.07) is 14.0. The van der Waals surface area contributed by atoms with Crippen molar-refractivity contribution in [2.75, 3.05) is 6.54 Å². The minimum Gasteiger partial charge on any atom is -0.353 e. The highest BCUT2D eigenvalue weighted by atomic mass is 35.5. The first-order valence-electron chi connectivity index (χ1n) is 7.63. The van der Waals surface area contributed by atoms with Crippen LogP contribution in [0.1, 0.15) is 18.0 Å². The molecule has 0 spiro atoms. The molecule has 0 aromatic heterocycles. The van der Waals surface area contributed by atoms with E-state index in [1.165, 1.54) is 12.1 Å². The van der Waals surface area contributed by atoms with E-state index in [0.717, 1.165) is 0 Å². The fraction of sp³-hybridized carbons (Fsp3) is 0.167. The van der Waals surface area contributed by atoms with Crippen LogP contribution in [0.2, 0.25) is 5.02 Å². The molecule has 0 unspecified atom stereocenters. The summed E-state index contributed by atoms with van der Waals surface area (Å²) in [6.07, 6.45) is 1.52. The molecule has 0 bridgehead atoms. The maximum atomic E-state index is 12.6. The van der Waals surface area contributed by atoms with Gasteiger partial charge in [-0.1, -0.05) is 48.0 Å². The molecule has 5 nitrogen and oxygen atoms in total. The van der Waals surface area contributed by atoms with Gasteiger partial charge in [-0.15, -0.1) is 6.58 Å². The van der Waals surface area contributed by atoms with Gasteiger partial charge in [-0.05, 0) is 29.8 Å². The van der Waals surface area contributed by atoms with Gasteiger partial charge in [0.1, 0.15) is 0 Å². The highest BCUT2D eigenvalue weighted by Gasteiger charge is 2.23. The molecule has 2 N–H and O–H groups in total. The van der Waals surface area contributed by atoms with Crippen molar-refractivity contribution in [1.82, 2.24) is 10.0 Å². The van der Waals surface area contributed by atoms with Crippen molar-refractivity contribution in [1.29, 1.82) is 0 Å². The second kappa shape index (κ2) is 8.80. The van der Waals surface area contributed by atoms with Crippen LogP contribution < -0.4 is 10.0 Å². The molecule has 0 aliphatic rings. The van der Waals surface area contributed by atoms with Crippen molar-refractivity contribution >= 4 is 27.5 Å². The molecule has 1 amide bonds. The Morgan fingerprint density at radius 2 is 1.76 bits per heavy atom. The van der Waals surface area contributed by atoms with Crippen molar-refractivity contribution in [3.63, 3.8) is 0 Å². The maximum Gasteiger partial charge on any atom is 0.241 e. The molecular formula is C18H19ClN2O3S. The number of carbonyl (C=O) groups excluding carboxylic acids is 1. The summed E-state index contributed by atoms with van der Waals surface area (Å²) in [5.74, 6) is -0.282. The first kappa shape index (κ1) is 19.2. The van der Waals surface area contributed by atoms with Gasteiger partial charge in [-0.3, -0.25) is 4.79 Å². The Morgan fingerprint density at radius 3 is 2.36 bits per heavy atom. The zero-order valence-corrected chi connectivity index (χ0v) is 15.1. The lowest BCUT2D eigenvalue weighted by Crippen LogP contribution is -2.33. The summed E-state index contributed by atoms with van der Waals surface area (Å²) in [4.78, 5) is 12.2. The van der Waals surface area contributed by atoms with Crippen molar-refractivity contribution in [2.45, 2.75) is 17.4 Å². The van der Waals surface area contributed by atoms with Crippen LogP contribution in [0.3, 0.4) is 0 Å². The Hall–Kier alpha value is -2.15. The van der Waals surface area contributed by atoms with Crippen LogP contribution in [0, 0.1) is 0 Å². The summed E-state index contributed by atoms with van der Waals surface area (Å²) in [6.45, 7) is 3.85. The van der Waals surface area contributed by atoms with Gasteiger partial charge in [-0.25, -0.2) is 13.1 Å². The number of carbonyl (C=O) groups is 1. The average Bonchev–Trinajstić information content (AvgIpc) is 2.60. The lowest BCUT2D eigenvalue weighted by molar-refractivity contribution is -0.121. The number of benzene rings is 2. The van der Waals surface area contributed by atoms with Crippen molar-refractivity contribution in [3.8, 4) is 0 Å². The topological polar surface area (TPSA) is 75.3 Å². The van der Waals surface area contributed by atoms with Gasteiger partial charge in [-0.2, -0.15) is 0 Å². The molecule has 0 saturated heterocycles. The summed E-state index contributed by atoms with van der Waals surface area (Å²) in [7, 11) is -3.77. The quantitative estimate of drug-likeness (QED) is 0.693. The standard InChI is InChI=1S/C18H19ClN2O3S/c1-2-12-20-18(22)13-17(14-8-10-15(19)11-9-14)21-25(23,24)16-6-4-3-5-7-16/h2-11,17,21H,1,12-13H2,(H,20,22)/t17-/m0/s1. The SMILES string of the molecule is C=CCNC(=O)C[C@H](NS(=O)(=O)c1ccccc1)c1ccc(Cl)cc1. The van der Waals surface area contributed by atoms with Crippen molar-refractivity contribution < 1.29 is 13.2 Å². The Bertz CT molecular complexity index is 821. The molecule has 1 atom stereocenters. The fourth-order valence-corrected chi connectivity index (χ4v) is 3.59. The van der Waals surface area contributed by atoms with Crippen molar-refractivity contribution in [2.24, 2.45) is 0 Å². The number of halogens is 1. The third-order valence-electron chi connectivity index (χ3n) is 3.46. The zero-order valence-electron chi connectivity index (χ0n) is 13.5. The fourth-order valence-electron chi connectivity index (χ4n) is 2.22. The van der Waals surface area contributed by atoms with Crippen LogP contribution >= 0.6 is 11.6 Å². The number of rotatable bonds is 8. The van der Waals surface area contributed by atoms with E-state index in [9.17, 15) is 13.2 Å². The van der Waals surface area contributed by atoms with Gasteiger partial charge in [0, 0.05) is 18.0 Å². The van der Waals surface area contributed by atoms with Crippen LogP contribution in [0.5, 0.6) is 0 Å². The number of hydrogen-bond acceptors (Lipinski definition) is 3. The monoisotopic (exact) mass is 378 g/mol. The largest absolute Gasteiger partial charge is 0.353 e. The molecule has 2 rings (SSSR count). The van der Waals surface area contributed by atoms with E-state index in [1.807, 2.05) is 0 Å². The summed E-state index contributed by atoms with van der Waals surface area (Å²) in [5.41, 5.74) is 0.651. The van der Waals surface area contributed by atoms with Crippen LogP contribution in [0.15, 0.2) is 72.1 Å². The smallest absolute Gasteiger partial charge is 0.241 e. The van der Waals surface area contributed by atoms with Crippen LogP contribution in [-0.2, 0) is 14.8 Å². The Labute approximate surface area is 152 Å². The minimum atomic E-state index is -3.77. The first-order chi connectivity index (χ1) is 11.9. The van der Waals surface area contributed by atoms with Gasteiger partial charge in [0.2, 0.25) is 15.9 Å². The van der Waals surface area contributed by atoms with E-state index in [4.69, 9.17) is 11.6 Å². The highest BCUT2D eigenvalue weighted by molar-refractivity contribution is 7.89. The Balaban J connectivity index is 2.26. The molecule has 0 saturated carbocycles. The van der Waals surface area contributed by atoms with Crippen molar-refractivity contribution in [3.05, 3.63) is 77.8 Å². The van der Waals surface area contributed by atoms with E-state index in [-0.39, 0.29) is 17.2 Å². The lowest BCUT2D eigenvalue weighted by Gasteiger charge is -2.19. The predicted octanol–water partition coefficient (Wildman–Crippen LogP) is 3.05.